The van der Waals surface area contributed by atoms with Crippen LogP contribution in [0.2, 0.25) is 0 Å². The molecule has 0 radical (unpaired) electrons. The molecule has 2 aromatic carbocycles. The number of aromatic nitrogens is 3. The Morgan fingerprint density at radius 2 is 1.81 bits per heavy atom. The number of carbonyl (C=O) groups is 2. The molecule has 0 bridgehead atoms. The van der Waals surface area contributed by atoms with Gasteiger partial charge in [-0.15, -0.1) is 0 Å². The molecule has 0 spiro atoms. The highest BCUT2D eigenvalue weighted by Crippen LogP contribution is 2.39. The molecular weight excluding hydrogens is 487 g/mol. The molecule has 2 aromatic heterocycles. The van der Waals surface area contributed by atoms with Gasteiger partial charge in [-0.25, -0.2) is 9.07 Å². The Morgan fingerprint density at radius 3 is 2.51 bits per heavy atom. The summed E-state index contributed by atoms with van der Waals surface area (Å²) in [5, 5.41) is 7.28. The van der Waals surface area contributed by atoms with Gasteiger partial charge in [0.1, 0.15) is 5.82 Å². The molecule has 11 heteroatoms. The van der Waals surface area contributed by atoms with Gasteiger partial charge in [0.15, 0.2) is 0 Å². The summed E-state index contributed by atoms with van der Waals surface area (Å²) in [6.45, 7) is 0.463. The first-order valence-electron chi connectivity index (χ1n) is 11.4. The Hall–Kier alpha value is -4.41. The van der Waals surface area contributed by atoms with Gasteiger partial charge >= 0.3 is 5.92 Å². The molecule has 3 heterocycles. The first-order valence-corrected chi connectivity index (χ1v) is 11.4. The van der Waals surface area contributed by atoms with Crippen molar-refractivity contribution in [2.24, 2.45) is 7.05 Å². The summed E-state index contributed by atoms with van der Waals surface area (Å²) in [6, 6.07) is 11.7. The maximum Gasteiger partial charge on any atom is 0.321 e. The average Bonchev–Trinajstić information content (AvgIpc) is 3.40. The van der Waals surface area contributed by atoms with Gasteiger partial charge in [0, 0.05) is 49.3 Å². The molecule has 2 atom stereocenters. The lowest BCUT2D eigenvalue weighted by Crippen LogP contribution is -2.46. The average molecular weight is 509 g/mol. The van der Waals surface area contributed by atoms with Gasteiger partial charge in [-0.1, -0.05) is 18.2 Å². The molecule has 1 aliphatic heterocycles. The van der Waals surface area contributed by atoms with E-state index in [0.29, 0.717) is 29.2 Å². The minimum atomic E-state index is -3.66. The molecule has 2 unspecified atom stereocenters. The SMILES string of the molecule is Cn1cc(-n2ncc3cc(N4C(=O)CC(NC(=O)C(C)(F)F)C4c4ccccc4F)ccc32)ccc1=O. The van der Waals surface area contributed by atoms with Gasteiger partial charge in [0.2, 0.25) is 11.5 Å². The number of hydrogen-bond donors (Lipinski definition) is 1. The maximum atomic E-state index is 14.9. The van der Waals surface area contributed by atoms with E-state index in [4.69, 9.17) is 0 Å². The molecule has 8 nitrogen and oxygen atoms in total. The van der Waals surface area contributed by atoms with Crippen molar-refractivity contribution < 1.29 is 22.8 Å². The fraction of sp³-hybridized carbons (Fsp3) is 0.231. The van der Waals surface area contributed by atoms with Crippen molar-refractivity contribution in [3.8, 4) is 5.69 Å². The summed E-state index contributed by atoms with van der Waals surface area (Å²) in [5.74, 6) is -6.28. The Balaban J connectivity index is 1.57. The van der Waals surface area contributed by atoms with Crippen LogP contribution in [0.25, 0.3) is 16.6 Å². The molecule has 1 aliphatic rings. The van der Waals surface area contributed by atoms with Gasteiger partial charge < -0.3 is 14.8 Å². The largest absolute Gasteiger partial charge is 0.345 e. The van der Waals surface area contributed by atoms with Crippen LogP contribution in [0.15, 0.2) is 71.8 Å². The number of pyridine rings is 1. The number of amides is 2. The van der Waals surface area contributed by atoms with Crippen LogP contribution in [0.4, 0.5) is 18.9 Å². The summed E-state index contributed by atoms with van der Waals surface area (Å²) in [4.78, 5) is 38.3. The zero-order chi connectivity index (χ0) is 26.5. The summed E-state index contributed by atoms with van der Waals surface area (Å²) in [7, 11) is 1.63. The molecule has 1 N–H and O–H groups in total. The minimum absolute atomic E-state index is 0.0964. The third-order valence-corrected chi connectivity index (χ3v) is 6.41. The minimum Gasteiger partial charge on any atom is -0.345 e. The van der Waals surface area contributed by atoms with Crippen LogP contribution in [-0.2, 0) is 16.6 Å². The molecule has 190 valence electrons. The van der Waals surface area contributed by atoms with E-state index < -0.39 is 35.6 Å². The second-order valence-electron chi connectivity index (χ2n) is 9.04. The number of rotatable bonds is 5. The lowest BCUT2D eigenvalue weighted by molar-refractivity contribution is -0.143. The summed E-state index contributed by atoms with van der Waals surface area (Å²) in [5.41, 5.74) is 1.66. The molecule has 1 saturated heterocycles. The highest BCUT2D eigenvalue weighted by molar-refractivity contribution is 6.00. The van der Waals surface area contributed by atoms with Crippen molar-refractivity contribution >= 4 is 28.4 Å². The maximum absolute atomic E-state index is 14.9. The molecular formula is C26H22F3N5O3. The Morgan fingerprint density at radius 1 is 1.08 bits per heavy atom. The number of alkyl halides is 2. The normalized spacial score (nSPS) is 18.0. The Labute approximate surface area is 208 Å². The standard InChI is InChI=1S/C26H22F3N5O3/c1-26(28,29)25(37)31-20-12-23(36)33(24(20)18-5-3-4-6-19(18)27)16-7-9-21-15(11-16)13-30-34(21)17-8-10-22(35)32(2)14-17/h3-11,13-14,20,24H,12H2,1-2H3,(H,31,37). The smallest absolute Gasteiger partial charge is 0.321 e. The van der Waals surface area contributed by atoms with E-state index in [1.807, 2.05) is 0 Å². The van der Waals surface area contributed by atoms with Crippen molar-refractivity contribution in [2.45, 2.75) is 31.4 Å². The first kappa shape index (κ1) is 24.3. The van der Waals surface area contributed by atoms with Gasteiger partial charge in [0.25, 0.3) is 5.91 Å². The summed E-state index contributed by atoms with van der Waals surface area (Å²) < 4.78 is 45.2. The van der Waals surface area contributed by atoms with Gasteiger partial charge in [-0.2, -0.15) is 13.9 Å². The molecule has 5 rings (SSSR count). The fourth-order valence-electron chi connectivity index (χ4n) is 4.61. The second-order valence-corrected chi connectivity index (χ2v) is 9.04. The highest BCUT2D eigenvalue weighted by atomic mass is 19.3. The zero-order valence-corrected chi connectivity index (χ0v) is 19.9. The van der Waals surface area contributed by atoms with Crippen LogP contribution in [0.1, 0.15) is 24.9 Å². The van der Waals surface area contributed by atoms with E-state index in [9.17, 15) is 27.6 Å². The predicted octanol–water partition coefficient (Wildman–Crippen LogP) is 3.48. The number of nitrogens with zero attached hydrogens (tertiary/aromatic N) is 4. The molecule has 0 saturated carbocycles. The van der Waals surface area contributed by atoms with Crippen LogP contribution in [-0.4, -0.2) is 38.1 Å². The number of benzene rings is 2. The Kier molecular flexibility index (Phi) is 5.85. The van der Waals surface area contributed by atoms with Crippen molar-refractivity contribution in [1.29, 1.82) is 0 Å². The highest BCUT2D eigenvalue weighted by Gasteiger charge is 2.45. The number of halogens is 3. The lowest BCUT2D eigenvalue weighted by atomic mass is 9.98. The zero-order valence-electron chi connectivity index (χ0n) is 19.9. The number of hydrogen-bond acceptors (Lipinski definition) is 4. The molecule has 4 aromatic rings. The number of aryl methyl sites for hydroxylation is 1. The number of carbonyl (C=O) groups excluding carboxylic acids is 2. The van der Waals surface area contributed by atoms with E-state index in [1.54, 1.807) is 54.5 Å². The van der Waals surface area contributed by atoms with Crippen LogP contribution in [0, 0.1) is 5.82 Å². The van der Waals surface area contributed by atoms with E-state index in [2.05, 4.69) is 10.4 Å². The first-order chi connectivity index (χ1) is 17.5. The number of nitrogens with one attached hydrogen (secondary N) is 1. The van der Waals surface area contributed by atoms with Crippen LogP contribution < -0.4 is 15.8 Å². The van der Waals surface area contributed by atoms with Crippen LogP contribution in [0.3, 0.4) is 0 Å². The van der Waals surface area contributed by atoms with Gasteiger partial charge in [-0.05, 0) is 30.3 Å². The number of anilines is 1. The monoisotopic (exact) mass is 509 g/mol. The molecule has 37 heavy (non-hydrogen) atoms. The van der Waals surface area contributed by atoms with Crippen LogP contribution >= 0.6 is 0 Å². The van der Waals surface area contributed by atoms with E-state index in [-0.39, 0.29) is 17.5 Å². The lowest BCUT2D eigenvalue weighted by Gasteiger charge is -2.30. The number of fused-ring (bicyclic) bond motifs is 1. The van der Waals surface area contributed by atoms with Crippen molar-refractivity contribution in [1.82, 2.24) is 19.7 Å². The molecule has 0 aliphatic carbocycles. The van der Waals surface area contributed by atoms with E-state index >= 15 is 0 Å². The van der Waals surface area contributed by atoms with Crippen molar-refractivity contribution in [3.63, 3.8) is 0 Å². The van der Waals surface area contributed by atoms with E-state index in [1.165, 1.54) is 33.7 Å². The molecule has 1 fully saturated rings. The third-order valence-electron chi connectivity index (χ3n) is 6.41. The summed E-state index contributed by atoms with van der Waals surface area (Å²) >= 11 is 0. The fourth-order valence-corrected chi connectivity index (χ4v) is 4.61. The van der Waals surface area contributed by atoms with Gasteiger partial charge in [-0.3, -0.25) is 14.4 Å². The summed E-state index contributed by atoms with van der Waals surface area (Å²) in [6.07, 6.45) is 2.94. The topological polar surface area (TPSA) is 89.2 Å². The molecule has 2 amide bonds. The van der Waals surface area contributed by atoms with Crippen molar-refractivity contribution in [3.05, 3.63) is 88.7 Å². The third kappa shape index (κ3) is 4.37. The van der Waals surface area contributed by atoms with Crippen LogP contribution in [0.5, 0.6) is 0 Å². The van der Waals surface area contributed by atoms with E-state index in [0.717, 1.165) is 0 Å². The predicted molar refractivity (Wildman–Crippen MR) is 130 cm³/mol. The second kappa shape index (κ2) is 8.91. The van der Waals surface area contributed by atoms with Crippen molar-refractivity contribution in [2.75, 3.05) is 4.90 Å². The quantitative estimate of drug-likeness (QED) is 0.446. The Bertz CT molecular complexity index is 1590. The van der Waals surface area contributed by atoms with Gasteiger partial charge in [0.05, 0.1) is 29.5 Å².